The normalized spacial score (nSPS) is 16.0. The molecule has 22 heavy (non-hydrogen) atoms. The molecule has 1 saturated heterocycles. The van der Waals surface area contributed by atoms with Crippen LogP contribution >= 0.6 is 0 Å². The molecule has 5 nitrogen and oxygen atoms in total. The van der Waals surface area contributed by atoms with E-state index < -0.39 is 5.60 Å². The van der Waals surface area contributed by atoms with E-state index in [-0.39, 0.29) is 6.09 Å². The monoisotopic (exact) mass is 301 g/mol. The summed E-state index contributed by atoms with van der Waals surface area (Å²) >= 11 is 0. The molecule has 118 valence electrons. The zero-order valence-corrected chi connectivity index (χ0v) is 13.4. The van der Waals surface area contributed by atoms with Crippen LogP contribution in [0, 0.1) is 0 Å². The smallest absolute Gasteiger partial charge is 0.419 e. The van der Waals surface area contributed by atoms with E-state index >= 15 is 0 Å². The molecule has 3 rings (SSSR count). The summed E-state index contributed by atoms with van der Waals surface area (Å²) in [4.78, 5) is 14.8. The summed E-state index contributed by atoms with van der Waals surface area (Å²) in [5, 5.41) is 4.41. The maximum atomic E-state index is 12.5. The van der Waals surface area contributed by atoms with Crippen LogP contribution in [-0.2, 0) is 4.74 Å². The number of nitrogens with zero attached hydrogens (tertiary/aromatic N) is 2. The van der Waals surface area contributed by atoms with Crippen LogP contribution in [0.1, 0.15) is 20.8 Å². The highest BCUT2D eigenvalue weighted by Crippen LogP contribution is 2.28. The Kier molecular flexibility index (Phi) is 3.83. The second-order valence-corrected chi connectivity index (χ2v) is 6.62. The molecule has 1 fully saturated rings. The van der Waals surface area contributed by atoms with Gasteiger partial charge in [-0.1, -0.05) is 12.1 Å². The minimum atomic E-state index is -0.502. The average molecular weight is 301 g/mol. The van der Waals surface area contributed by atoms with Gasteiger partial charge < -0.3 is 15.0 Å². The van der Waals surface area contributed by atoms with Crippen LogP contribution in [0.2, 0.25) is 0 Å². The van der Waals surface area contributed by atoms with Crippen molar-refractivity contribution in [1.29, 1.82) is 0 Å². The summed E-state index contributed by atoms with van der Waals surface area (Å²) in [6, 6.07) is 8.11. The highest BCUT2D eigenvalue weighted by molar-refractivity contribution is 5.98. The van der Waals surface area contributed by atoms with Gasteiger partial charge in [-0.25, -0.2) is 4.79 Å². The zero-order chi connectivity index (χ0) is 15.7. The van der Waals surface area contributed by atoms with Gasteiger partial charge in [0.05, 0.1) is 11.2 Å². The molecule has 1 aliphatic heterocycles. The molecule has 2 heterocycles. The molecule has 2 aromatic rings. The SMILES string of the molecule is CC(C)(C)OC(=O)n1ccc2cccc(N3CCNCC3)c21. The molecule has 0 bridgehead atoms. The van der Waals surface area contributed by atoms with Crippen molar-refractivity contribution in [1.82, 2.24) is 9.88 Å². The predicted molar refractivity (Wildman–Crippen MR) is 88.7 cm³/mol. The molecule has 5 heteroatoms. The number of nitrogens with one attached hydrogen (secondary N) is 1. The van der Waals surface area contributed by atoms with Gasteiger partial charge in [0.2, 0.25) is 0 Å². The third-order valence-electron chi connectivity index (χ3n) is 3.74. The van der Waals surface area contributed by atoms with Crippen LogP contribution < -0.4 is 10.2 Å². The van der Waals surface area contributed by atoms with E-state index in [2.05, 4.69) is 16.3 Å². The fourth-order valence-electron chi connectivity index (χ4n) is 2.80. The van der Waals surface area contributed by atoms with E-state index in [1.165, 1.54) is 0 Å². The van der Waals surface area contributed by atoms with E-state index in [0.29, 0.717) is 0 Å². The van der Waals surface area contributed by atoms with Crippen LogP contribution in [0.5, 0.6) is 0 Å². The number of fused-ring (bicyclic) bond motifs is 1. The summed E-state index contributed by atoms with van der Waals surface area (Å²) < 4.78 is 7.15. The number of hydrogen-bond acceptors (Lipinski definition) is 4. The van der Waals surface area contributed by atoms with Crippen LogP contribution in [0.15, 0.2) is 30.5 Å². The lowest BCUT2D eigenvalue weighted by Crippen LogP contribution is -2.43. The Morgan fingerprint density at radius 2 is 1.91 bits per heavy atom. The van der Waals surface area contributed by atoms with E-state index in [1.807, 2.05) is 39.0 Å². The third kappa shape index (κ3) is 2.95. The predicted octanol–water partition coefficient (Wildman–Crippen LogP) is 2.83. The number of aromatic nitrogens is 1. The molecular formula is C17H23N3O2. The molecule has 0 amide bonds. The molecule has 0 aliphatic carbocycles. The van der Waals surface area contributed by atoms with Gasteiger partial charge in [0.15, 0.2) is 0 Å². The van der Waals surface area contributed by atoms with Crippen molar-refractivity contribution in [3.63, 3.8) is 0 Å². The molecule has 0 unspecified atom stereocenters. The van der Waals surface area contributed by atoms with Crippen molar-refractivity contribution in [3.8, 4) is 0 Å². The Bertz CT molecular complexity index is 679. The highest BCUT2D eigenvalue weighted by atomic mass is 16.6. The van der Waals surface area contributed by atoms with Crippen molar-refractivity contribution in [3.05, 3.63) is 30.5 Å². The lowest BCUT2D eigenvalue weighted by Gasteiger charge is -2.30. The minimum Gasteiger partial charge on any atom is -0.443 e. The summed E-state index contributed by atoms with van der Waals surface area (Å²) in [5.74, 6) is 0. The molecular weight excluding hydrogens is 278 g/mol. The number of carbonyl (C=O) groups excluding carboxylic acids is 1. The molecule has 1 aliphatic rings. The van der Waals surface area contributed by atoms with Gasteiger partial charge in [-0.15, -0.1) is 0 Å². The first-order chi connectivity index (χ1) is 10.5. The Hall–Kier alpha value is -2.01. The maximum Gasteiger partial charge on any atom is 0.419 e. The zero-order valence-electron chi connectivity index (χ0n) is 13.4. The fraction of sp³-hybridized carbons (Fsp3) is 0.471. The number of hydrogen-bond donors (Lipinski definition) is 1. The van der Waals surface area contributed by atoms with Crippen LogP contribution in [0.4, 0.5) is 10.5 Å². The second-order valence-electron chi connectivity index (χ2n) is 6.62. The van der Waals surface area contributed by atoms with Crippen LogP contribution in [0.25, 0.3) is 10.9 Å². The van der Waals surface area contributed by atoms with Gasteiger partial charge in [0, 0.05) is 37.8 Å². The first kappa shape index (κ1) is 14.9. The van der Waals surface area contributed by atoms with Gasteiger partial charge in [-0.2, -0.15) is 0 Å². The van der Waals surface area contributed by atoms with Crippen molar-refractivity contribution in [2.75, 3.05) is 31.1 Å². The number of carbonyl (C=O) groups is 1. The van der Waals surface area contributed by atoms with Crippen molar-refractivity contribution in [2.45, 2.75) is 26.4 Å². The number of ether oxygens (including phenoxy) is 1. The van der Waals surface area contributed by atoms with Crippen molar-refractivity contribution in [2.24, 2.45) is 0 Å². The topological polar surface area (TPSA) is 46.5 Å². The average Bonchev–Trinajstić information content (AvgIpc) is 2.90. The third-order valence-corrected chi connectivity index (χ3v) is 3.74. The Balaban J connectivity index is 2.02. The first-order valence-corrected chi connectivity index (χ1v) is 7.75. The van der Waals surface area contributed by atoms with E-state index in [9.17, 15) is 4.79 Å². The molecule has 0 radical (unpaired) electrons. The van der Waals surface area contributed by atoms with Gasteiger partial charge in [0.25, 0.3) is 0 Å². The number of anilines is 1. The molecule has 0 spiro atoms. The minimum absolute atomic E-state index is 0.329. The maximum absolute atomic E-state index is 12.5. The molecule has 1 N–H and O–H groups in total. The summed E-state index contributed by atoms with van der Waals surface area (Å²) in [7, 11) is 0. The van der Waals surface area contributed by atoms with Gasteiger partial charge in [-0.3, -0.25) is 4.57 Å². The number of para-hydroxylation sites is 1. The van der Waals surface area contributed by atoms with Gasteiger partial charge >= 0.3 is 6.09 Å². The largest absolute Gasteiger partial charge is 0.443 e. The van der Waals surface area contributed by atoms with Gasteiger partial charge in [0.1, 0.15) is 5.60 Å². The standard InChI is InChI=1S/C17H23N3O2/c1-17(2,3)22-16(21)20-10-7-13-5-4-6-14(15(13)20)19-11-8-18-9-12-19/h4-7,10,18H,8-9,11-12H2,1-3H3. The Morgan fingerprint density at radius 3 is 2.59 bits per heavy atom. The highest BCUT2D eigenvalue weighted by Gasteiger charge is 2.22. The summed E-state index contributed by atoms with van der Waals surface area (Å²) in [6.45, 7) is 9.46. The summed E-state index contributed by atoms with van der Waals surface area (Å²) in [5.41, 5.74) is 1.52. The molecule has 0 atom stereocenters. The van der Waals surface area contributed by atoms with E-state index in [4.69, 9.17) is 4.74 Å². The lowest BCUT2D eigenvalue weighted by atomic mass is 10.2. The number of piperazine rings is 1. The van der Waals surface area contributed by atoms with Crippen molar-refractivity contribution >= 4 is 22.7 Å². The van der Waals surface area contributed by atoms with E-state index in [0.717, 1.165) is 42.8 Å². The van der Waals surface area contributed by atoms with Crippen LogP contribution in [0.3, 0.4) is 0 Å². The molecule has 0 saturated carbocycles. The quantitative estimate of drug-likeness (QED) is 0.880. The second kappa shape index (κ2) is 5.65. The Labute approximate surface area is 130 Å². The van der Waals surface area contributed by atoms with Gasteiger partial charge in [-0.05, 0) is 32.9 Å². The number of benzene rings is 1. The van der Waals surface area contributed by atoms with Crippen LogP contribution in [-0.4, -0.2) is 42.4 Å². The lowest BCUT2D eigenvalue weighted by molar-refractivity contribution is 0.0544. The Morgan fingerprint density at radius 1 is 1.18 bits per heavy atom. The fourth-order valence-corrected chi connectivity index (χ4v) is 2.80. The molecule has 1 aromatic carbocycles. The number of rotatable bonds is 1. The first-order valence-electron chi connectivity index (χ1n) is 7.75. The molecule has 1 aromatic heterocycles. The van der Waals surface area contributed by atoms with Crippen molar-refractivity contribution < 1.29 is 9.53 Å². The summed E-state index contributed by atoms with van der Waals surface area (Å²) in [6.07, 6.45) is 1.47. The van der Waals surface area contributed by atoms with E-state index in [1.54, 1.807) is 10.8 Å².